The number of allylic oxidation sites excluding steroid dienone is 1. The van der Waals surface area contributed by atoms with E-state index in [1.807, 2.05) is 34.9 Å². The summed E-state index contributed by atoms with van der Waals surface area (Å²) in [5, 5.41) is 5.67. The van der Waals surface area contributed by atoms with E-state index < -0.39 is 11.6 Å². The van der Waals surface area contributed by atoms with E-state index in [0.29, 0.717) is 6.42 Å². The van der Waals surface area contributed by atoms with Crippen LogP contribution >= 0.6 is 0 Å². The molecule has 0 aliphatic heterocycles. The first-order valence-corrected chi connectivity index (χ1v) is 5.57. The van der Waals surface area contributed by atoms with Gasteiger partial charge in [-0.25, -0.2) is 0 Å². The molecule has 0 aromatic rings. The van der Waals surface area contributed by atoms with Gasteiger partial charge in [-0.1, -0.05) is 6.08 Å². The summed E-state index contributed by atoms with van der Waals surface area (Å²) in [6.45, 7) is 5.45. The van der Waals surface area contributed by atoms with Gasteiger partial charge in [0.25, 0.3) is 0 Å². The van der Waals surface area contributed by atoms with E-state index in [0.717, 1.165) is 0 Å². The maximum Gasteiger partial charge on any atom is 0.323 e. The predicted molar refractivity (Wildman–Crippen MR) is 69.8 cm³/mol. The van der Waals surface area contributed by atoms with Gasteiger partial charge in [-0.15, -0.1) is 0 Å². The number of hydrogen-bond acceptors (Lipinski definition) is 5. The highest BCUT2D eigenvalue weighted by atomic mass is 16.6. The zero-order valence-corrected chi connectivity index (χ0v) is 11.3. The topological polar surface area (TPSA) is 67.9 Å². The zero-order chi connectivity index (χ0) is 13.5. The first-order chi connectivity index (χ1) is 7.72. The Morgan fingerprint density at radius 1 is 1.47 bits per heavy atom. The van der Waals surface area contributed by atoms with Crippen molar-refractivity contribution in [1.82, 2.24) is 5.01 Å². The van der Waals surface area contributed by atoms with Crippen molar-refractivity contribution in [1.29, 1.82) is 0 Å². The maximum absolute atomic E-state index is 11.5. The minimum Gasteiger partial charge on any atom is -0.459 e. The summed E-state index contributed by atoms with van der Waals surface area (Å²) in [6.07, 6.45) is 5.63. The van der Waals surface area contributed by atoms with Gasteiger partial charge >= 0.3 is 5.97 Å². The Hall–Kier alpha value is -1.36. The standard InChI is InChI=1S/C12H23N3O2/c1-12(2,3)17-11(16)10(13)8-6-7-9-14-15(4)5/h6-7,9-10H,8,13H2,1-5H3. The molecule has 2 N–H and O–H groups in total. The number of hydrazone groups is 1. The third-order valence-electron chi connectivity index (χ3n) is 1.62. The molecule has 0 amide bonds. The molecule has 17 heavy (non-hydrogen) atoms. The van der Waals surface area contributed by atoms with Gasteiger partial charge in [0.1, 0.15) is 11.6 Å². The number of rotatable bonds is 5. The van der Waals surface area contributed by atoms with Crippen LogP contribution in [0.2, 0.25) is 0 Å². The van der Waals surface area contributed by atoms with Gasteiger partial charge < -0.3 is 15.5 Å². The number of nitrogens with zero attached hydrogens (tertiary/aromatic N) is 2. The van der Waals surface area contributed by atoms with Crippen molar-refractivity contribution in [3.8, 4) is 0 Å². The van der Waals surface area contributed by atoms with Gasteiger partial charge in [-0.2, -0.15) is 5.10 Å². The van der Waals surface area contributed by atoms with Gasteiger partial charge in [-0.3, -0.25) is 4.79 Å². The fourth-order valence-corrected chi connectivity index (χ4v) is 0.932. The number of carbonyl (C=O) groups is 1. The Kier molecular flexibility index (Phi) is 6.50. The molecular formula is C12H23N3O2. The van der Waals surface area contributed by atoms with E-state index in [2.05, 4.69) is 5.10 Å². The molecule has 5 nitrogen and oxygen atoms in total. The van der Waals surface area contributed by atoms with Gasteiger partial charge in [0, 0.05) is 20.3 Å². The molecule has 5 heteroatoms. The van der Waals surface area contributed by atoms with Crippen LogP contribution in [0.1, 0.15) is 27.2 Å². The number of esters is 1. The summed E-state index contributed by atoms with van der Waals surface area (Å²) in [6, 6.07) is -0.627. The molecule has 0 saturated carbocycles. The third kappa shape index (κ3) is 9.56. The molecule has 0 rings (SSSR count). The smallest absolute Gasteiger partial charge is 0.323 e. The maximum atomic E-state index is 11.5. The van der Waals surface area contributed by atoms with Crippen molar-refractivity contribution in [2.75, 3.05) is 14.1 Å². The van der Waals surface area contributed by atoms with Crippen LogP contribution in [0.15, 0.2) is 17.3 Å². The molecule has 0 aromatic heterocycles. The van der Waals surface area contributed by atoms with Gasteiger partial charge in [0.2, 0.25) is 0 Å². The molecule has 0 saturated heterocycles. The number of carbonyl (C=O) groups excluding carboxylic acids is 1. The summed E-state index contributed by atoms with van der Waals surface area (Å²) in [7, 11) is 3.66. The first-order valence-electron chi connectivity index (χ1n) is 5.57. The summed E-state index contributed by atoms with van der Waals surface area (Å²) >= 11 is 0. The van der Waals surface area contributed by atoms with E-state index in [9.17, 15) is 4.79 Å². The lowest BCUT2D eigenvalue weighted by Gasteiger charge is -2.21. The summed E-state index contributed by atoms with van der Waals surface area (Å²) in [5.41, 5.74) is 5.19. The second-order valence-electron chi connectivity index (χ2n) is 4.92. The molecule has 0 aliphatic carbocycles. The molecule has 1 unspecified atom stereocenters. The van der Waals surface area contributed by atoms with E-state index >= 15 is 0 Å². The van der Waals surface area contributed by atoms with Crippen LogP contribution in [0.5, 0.6) is 0 Å². The second kappa shape index (κ2) is 7.06. The van der Waals surface area contributed by atoms with E-state index in [4.69, 9.17) is 10.5 Å². The largest absolute Gasteiger partial charge is 0.459 e. The van der Waals surface area contributed by atoms with Crippen molar-refractivity contribution in [2.24, 2.45) is 10.8 Å². The molecule has 0 bridgehead atoms. The molecule has 0 spiro atoms. The highest BCUT2D eigenvalue weighted by molar-refractivity contribution is 5.76. The molecule has 98 valence electrons. The van der Waals surface area contributed by atoms with Crippen molar-refractivity contribution < 1.29 is 9.53 Å². The van der Waals surface area contributed by atoms with Crippen LogP contribution in [0.25, 0.3) is 0 Å². The van der Waals surface area contributed by atoms with Crippen molar-refractivity contribution in [3.05, 3.63) is 12.2 Å². The van der Waals surface area contributed by atoms with Gasteiger partial charge in [-0.05, 0) is 33.3 Å². The average molecular weight is 241 g/mol. The Balaban J connectivity index is 4.02. The van der Waals surface area contributed by atoms with Gasteiger partial charge in [0.05, 0.1) is 0 Å². The molecule has 0 heterocycles. The monoisotopic (exact) mass is 241 g/mol. The molecule has 0 fully saturated rings. The Labute approximate surface area is 103 Å². The number of nitrogens with two attached hydrogens (primary N) is 1. The fourth-order valence-electron chi connectivity index (χ4n) is 0.932. The lowest BCUT2D eigenvalue weighted by molar-refractivity contribution is -0.156. The van der Waals surface area contributed by atoms with Crippen LogP contribution in [0.3, 0.4) is 0 Å². The quantitative estimate of drug-likeness (QED) is 0.445. The number of hydrogen-bond donors (Lipinski definition) is 1. The van der Waals surface area contributed by atoms with Crippen molar-refractivity contribution in [2.45, 2.75) is 38.8 Å². The van der Waals surface area contributed by atoms with Crippen molar-refractivity contribution >= 4 is 12.2 Å². The van der Waals surface area contributed by atoms with Crippen LogP contribution < -0.4 is 5.73 Å². The van der Waals surface area contributed by atoms with Crippen molar-refractivity contribution in [3.63, 3.8) is 0 Å². The van der Waals surface area contributed by atoms with Crippen LogP contribution in [-0.2, 0) is 9.53 Å². The highest BCUT2D eigenvalue weighted by Crippen LogP contribution is 2.08. The minimum absolute atomic E-state index is 0.383. The highest BCUT2D eigenvalue weighted by Gasteiger charge is 2.20. The molecule has 0 radical (unpaired) electrons. The lowest BCUT2D eigenvalue weighted by Crippen LogP contribution is -2.36. The normalized spacial score (nSPS) is 14.2. The Morgan fingerprint density at radius 2 is 2.06 bits per heavy atom. The van der Waals surface area contributed by atoms with E-state index in [1.54, 1.807) is 23.4 Å². The Morgan fingerprint density at radius 3 is 2.53 bits per heavy atom. The first kappa shape index (κ1) is 15.6. The van der Waals surface area contributed by atoms with E-state index in [1.165, 1.54) is 0 Å². The van der Waals surface area contributed by atoms with Crippen LogP contribution in [0, 0.1) is 0 Å². The van der Waals surface area contributed by atoms with Crippen LogP contribution in [-0.4, -0.2) is 42.9 Å². The molecular weight excluding hydrogens is 218 g/mol. The summed E-state index contributed by atoms with van der Waals surface area (Å²) in [5.74, 6) is -0.383. The Bertz CT molecular complexity index is 291. The summed E-state index contributed by atoms with van der Waals surface area (Å²) < 4.78 is 5.16. The number of ether oxygens (including phenoxy) is 1. The SMILES string of the molecule is CN(C)N=CC=CCC(N)C(=O)OC(C)(C)C. The average Bonchev–Trinajstić information content (AvgIpc) is 2.13. The molecule has 0 aliphatic rings. The zero-order valence-electron chi connectivity index (χ0n) is 11.3. The van der Waals surface area contributed by atoms with Gasteiger partial charge in [0.15, 0.2) is 0 Å². The lowest BCUT2D eigenvalue weighted by atomic mass is 10.1. The van der Waals surface area contributed by atoms with E-state index in [-0.39, 0.29) is 5.97 Å². The third-order valence-corrected chi connectivity index (χ3v) is 1.62. The molecule has 0 aromatic carbocycles. The predicted octanol–water partition coefficient (Wildman–Crippen LogP) is 1.15. The minimum atomic E-state index is -0.627. The second-order valence-corrected chi connectivity index (χ2v) is 4.92. The fraction of sp³-hybridized carbons (Fsp3) is 0.667. The van der Waals surface area contributed by atoms with Crippen LogP contribution in [0.4, 0.5) is 0 Å². The summed E-state index contributed by atoms with van der Waals surface area (Å²) in [4.78, 5) is 11.5. The molecule has 1 atom stereocenters.